The molecule has 0 atom stereocenters. The van der Waals surface area contributed by atoms with Gasteiger partial charge in [0, 0.05) is 25.7 Å². The molecule has 4 heteroatoms. The molecule has 0 fully saturated rings. The van der Waals surface area contributed by atoms with E-state index in [9.17, 15) is 10.2 Å². The summed E-state index contributed by atoms with van der Waals surface area (Å²) in [7, 11) is 0. The van der Waals surface area contributed by atoms with Gasteiger partial charge in [-0.25, -0.2) is 8.78 Å². The van der Waals surface area contributed by atoms with Gasteiger partial charge in [-0.05, 0) is 88.4 Å². The van der Waals surface area contributed by atoms with Gasteiger partial charge < -0.3 is 10.2 Å². The van der Waals surface area contributed by atoms with E-state index in [-0.39, 0.29) is 46.8 Å². The molecule has 2 nitrogen and oxygen atoms in total. The van der Waals surface area contributed by atoms with Gasteiger partial charge in [0.15, 0.2) is 0 Å². The molecule has 5 rings (SSSR count). The average molecular weight is 653 g/mol. The molecule has 0 saturated carbocycles. The number of benzene rings is 4. The predicted molar refractivity (Wildman–Crippen MR) is 195 cm³/mol. The second-order valence-corrected chi connectivity index (χ2v) is 18.2. The first-order valence-corrected chi connectivity index (χ1v) is 17.3. The van der Waals surface area contributed by atoms with Crippen molar-refractivity contribution in [1.82, 2.24) is 0 Å². The summed E-state index contributed by atoms with van der Waals surface area (Å²) in [6, 6.07) is 15.7. The Morgan fingerprint density at radius 2 is 0.688 bits per heavy atom. The number of aromatic hydroxyl groups is 2. The Labute approximate surface area is 287 Å². The Bertz CT molecular complexity index is 1750. The maximum Gasteiger partial charge on any atom is 0.130 e. The van der Waals surface area contributed by atoms with Crippen molar-refractivity contribution in [3.05, 3.63) is 127 Å². The van der Waals surface area contributed by atoms with Crippen LogP contribution in [0.25, 0.3) is 0 Å². The highest BCUT2D eigenvalue weighted by Gasteiger charge is 2.28. The molecule has 0 amide bonds. The van der Waals surface area contributed by atoms with Crippen LogP contribution in [0.5, 0.6) is 11.5 Å². The molecule has 2 N–H and O–H groups in total. The van der Waals surface area contributed by atoms with Crippen molar-refractivity contribution >= 4 is 0 Å². The molecule has 8 bridgehead atoms. The van der Waals surface area contributed by atoms with E-state index < -0.39 is 10.8 Å². The van der Waals surface area contributed by atoms with Crippen LogP contribution in [0.4, 0.5) is 8.78 Å². The second-order valence-electron chi connectivity index (χ2n) is 18.2. The lowest BCUT2D eigenvalue weighted by atomic mass is 9.79. The molecule has 0 spiro atoms. The van der Waals surface area contributed by atoms with Crippen LogP contribution in [-0.4, -0.2) is 10.2 Å². The summed E-state index contributed by atoms with van der Waals surface area (Å²) in [6.07, 6.45) is 1.20. The molecule has 0 unspecified atom stereocenters. The van der Waals surface area contributed by atoms with Gasteiger partial charge >= 0.3 is 0 Å². The average Bonchev–Trinajstić information content (AvgIpc) is 2.93. The zero-order valence-corrected chi connectivity index (χ0v) is 31.1. The number of rotatable bonds is 0. The quantitative estimate of drug-likeness (QED) is 0.175. The predicted octanol–water partition coefficient (Wildman–Crippen LogP) is 11.2. The molecule has 0 aliphatic heterocycles. The number of phenolic OH excluding ortho intramolecular Hbond substituents is 2. The lowest BCUT2D eigenvalue weighted by Gasteiger charge is -2.26. The van der Waals surface area contributed by atoms with E-state index in [1.54, 1.807) is 0 Å². The summed E-state index contributed by atoms with van der Waals surface area (Å²) in [4.78, 5) is 0. The van der Waals surface area contributed by atoms with Crippen LogP contribution in [0.2, 0.25) is 0 Å². The van der Waals surface area contributed by atoms with Crippen molar-refractivity contribution in [2.45, 2.75) is 130 Å². The first-order chi connectivity index (χ1) is 21.9. The van der Waals surface area contributed by atoms with Gasteiger partial charge in [0.25, 0.3) is 0 Å². The maximum absolute atomic E-state index is 16.5. The van der Waals surface area contributed by atoms with E-state index in [1.165, 1.54) is 0 Å². The molecule has 0 heterocycles. The normalized spacial score (nSPS) is 14.3. The molecule has 1 aliphatic rings. The first kappa shape index (κ1) is 35.6. The summed E-state index contributed by atoms with van der Waals surface area (Å²) in [6.45, 7) is 24.8. The maximum atomic E-state index is 16.5. The minimum atomic E-state index is -0.471. The highest BCUT2D eigenvalue weighted by atomic mass is 19.1. The summed E-state index contributed by atoms with van der Waals surface area (Å²) >= 11 is 0. The number of phenols is 2. The third-order valence-electron chi connectivity index (χ3n) is 9.85. The van der Waals surface area contributed by atoms with Crippen molar-refractivity contribution in [2.24, 2.45) is 0 Å². The minimum absolute atomic E-state index is 0.151. The molecule has 48 heavy (non-hydrogen) atoms. The zero-order chi connectivity index (χ0) is 35.7. The van der Waals surface area contributed by atoms with Gasteiger partial charge in [0.2, 0.25) is 0 Å². The number of halogens is 2. The van der Waals surface area contributed by atoms with E-state index in [1.807, 2.05) is 90.1 Å². The topological polar surface area (TPSA) is 40.5 Å². The van der Waals surface area contributed by atoms with Crippen LogP contribution in [0.1, 0.15) is 150 Å². The van der Waals surface area contributed by atoms with Crippen LogP contribution in [-0.2, 0) is 47.3 Å². The van der Waals surface area contributed by atoms with Crippen LogP contribution < -0.4 is 0 Å². The third-order valence-corrected chi connectivity index (χ3v) is 9.85. The molecule has 256 valence electrons. The first-order valence-electron chi connectivity index (χ1n) is 17.3. The van der Waals surface area contributed by atoms with Gasteiger partial charge in [-0.2, -0.15) is 0 Å². The Morgan fingerprint density at radius 3 is 0.958 bits per heavy atom. The van der Waals surface area contributed by atoms with E-state index in [2.05, 4.69) is 41.5 Å². The molecular weight excluding hydrogens is 598 g/mol. The van der Waals surface area contributed by atoms with E-state index in [0.29, 0.717) is 46.2 Å². The molecule has 4 aromatic carbocycles. The van der Waals surface area contributed by atoms with E-state index >= 15 is 8.78 Å². The second kappa shape index (κ2) is 12.0. The minimum Gasteiger partial charge on any atom is -0.507 e. The molecule has 0 radical (unpaired) electrons. The van der Waals surface area contributed by atoms with Crippen molar-refractivity contribution in [3.63, 3.8) is 0 Å². The number of hydrogen-bond acceptors (Lipinski definition) is 2. The number of hydrogen-bond donors (Lipinski definition) is 2. The lowest BCUT2D eigenvalue weighted by molar-refractivity contribution is 0.460. The standard InChI is InChI=1S/C44H54F2O2/c1-41(2,3)33-21-29-15-25-13-28(38(46)35(17-25)43(7,8)9)20-32-24-34(42(4,5)6)22-30(40(32)48)16-26-14-27(19-31(23-33)39(29)47)37(45)36(18-26)44(10,11)12/h13-14,17-18,21-24,47-48H,15-16,19-20H2,1-12H3. The van der Waals surface area contributed by atoms with Crippen molar-refractivity contribution < 1.29 is 19.0 Å². The fraction of sp³-hybridized carbons (Fsp3) is 0.455. The SMILES string of the molecule is CC(C)(C)c1cc2c(O)c(c1)Cc1cc(cc(C(C)(C)C)c1F)Cc1cc(C(C)(C)C)cc(c1O)Cc1cc(cc(C(C)(C)C)c1F)C2. The summed E-state index contributed by atoms with van der Waals surface area (Å²) in [5, 5.41) is 23.7. The molecule has 1 aliphatic carbocycles. The van der Waals surface area contributed by atoms with Crippen LogP contribution in [0.3, 0.4) is 0 Å². The fourth-order valence-electron chi connectivity index (χ4n) is 6.83. The highest BCUT2D eigenvalue weighted by Crippen LogP contribution is 2.40. The molecule has 0 saturated heterocycles. The lowest BCUT2D eigenvalue weighted by Crippen LogP contribution is -2.17. The van der Waals surface area contributed by atoms with Gasteiger partial charge in [-0.1, -0.05) is 132 Å². The third kappa shape index (κ3) is 7.19. The molecular formula is C44H54F2O2. The van der Waals surface area contributed by atoms with Crippen molar-refractivity contribution in [3.8, 4) is 11.5 Å². The van der Waals surface area contributed by atoms with Gasteiger partial charge in [0.05, 0.1) is 0 Å². The van der Waals surface area contributed by atoms with Gasteiger partial charge in [-0.15, -0.1) is 0 Å². The largest absolute Gasteiger partial charge is 0.507 e. The van der Waals surface area contributed by atoms with Crippen LogP contribution in [0.15, 0.2) is 48.5 Å². The fourth-order valence-corrected chi connectivity index (χ4v) is 6.83. The zero-order valence-electron chi connectivity index (χ0n) is 31.1. The van der Waals surface area contributed by atoms with Crippen LogP contribution >= 0.6 is 0 Å². The Morgan fingerprint density at radius 1 is 0.396 bits per heavy atom. The van der Waals surface area contributed by atoms with Gasteiger partial charge in [0.1, 0.15) is 23.1 Å². The summed E-state index contributed by atoms with van der Waals surface area (Å²) < 4.78 is 33.0. The molecule has 0 aromatic heterocycles. The summed E-state index contributed by atoms with van der Waals surface area (Å²) in [5.41, 5.74) is 7.50. The van der Waals surface area contributed by atoms with E-state index in [0.717, 1.165) is 33.4 Å². The Kier molecular flexibility index (Phi) is 8.94. The van der Waals surface area contributed by atoms with E-state index in [4.69, 9.17) is 0 Å². The van der Waals surface area contributed by atoms with Crippen LogP contribution in [0, 0.1) is 11.6 Å². The molecule has 4 aromatic rings. The smallest absolute Gasteiger partial charge is 0.130 e. The van der Waals surface area contributed by atoms with Crippen molar-refractivity contribution in [1.29, 1.82) is 0 Å². The highest BCUT2D eigenvalue weighted by molar-refractivity contribution is 5.54. The monoisotopic (exact) mass is 652 g/mol. The Balaban J connectivity index is 1.88. The number of fused-ring (bicyclic) bond motifs is 8. The van der Waals surface area contributed by atoms with Crippen molar-refractivity contribution in [2.75, 3.05) is 0 Å². The Hall–Kier alpha value is -3.66. The van der Waals surface area contributed by atoms with Gasteiger partial charge in [-0.3, -0.25) is 0 Å². The summed E-state index contributed by atoms with van der Waals surface area (Å²) in [5.74, 6) is -0.224.